The number of ether oxygens (including phenoxy) is 2. The molecule has 2 aliphatic carbocycles. The lowest BCUT2D eigenvalue weighted by Crippen LogP contribution is -2.43. The summed E-state index contributed by atoms with van der Waals surface area (Å²) >= 11 is 0. The van der Waals surface area contributed by atoms with Crippen molar-refractivity contribution >= 4 is 17.9 Å². The normalized spacial score (nSPS) is 32.2. The number of carbonyl (C=O) groups excluding carboxylic acids is 2. The van der Waals surface area contributed by atoms with Gasteiger partial charge in [-0.2, -0.15) is 0 Å². The molecular formula is C28H45NO8. The number of nitrogens with two attached hydrogens (primary N) is 1. The van der Waals surface area contributed by atoms with Crippen LogP contribution in [0.2, 0.25) is 0 Å². The van der Waals surface area contributed by atoms with Crippen molar-refractivity contribution in [3.05, 3.63) is 23.8 Å². The summed E-state index contributed by atoms with van der Waals surface area (Å²) in [4.78, 5) is 34.2. The number of carbonyl (C=O) groups is 3. The Balaban J connectivity index is 0.000000604. The van der Waals surface area contributed by atoms with Crippen LogP contribution in [0.3, 0.4) is 0 Å². The molecule has 3 aliphatic rings. The number of cyclic esters (lactones) is 1. The first-order valence-corrected chi connectivity index (χ1v) is 13.4. The van der Waals surface area contributed by atoms with Gasteiger partial charge in [-0.1, -0.05) is 39.0 Å². The molecule has 37 heavy (non-hydrogen) atoms. The number of carboxylic acids is 1. The zero-order valence-electron chi connectivity index (χ0n) is 22.8. The number of fused-ring (bicyclic) bond motifs is 1. The van der Waals surface area contributed by atoms with Crippen LogP contribution in [0.4, 0.5) is 0 Å². The van der Waals surface area contributed by atoms with Crippen molar-refractivity contribution in [1.29, 1.82) is 0 Å². The molecule has 1 heterocycles. The SMILES string of the molecule is CCC(C)(C)C(=O)O[C@H]1C[C@@H](C)C=C2C=C[C@H](C)[C@H](CC[C@@H]3C[C@@H](O)CC(=O)O3)[C@H]21.NC(CO)C(=O)O. The first-order valence-electron chi connectivity index (χ1n) is 13.4. The molecule has 0 aromatic rings. The second kappa shape index (κ2) is 13.5. The Kier molecular flexibility index (Phi) is 11.3. The maximum atomic E-state index is 12.9. The van der Waals surface area contributed by atoms with Gasteiger partial charge in [0.05, 0.1) is 24.5 Å². The van der Waals surface area contributed by atoms with Crippen LogP contribution in [0.25, 0.3) is 0 Å². The number of aliphatic hydroxyl groups excluding tert-OH is 2. The van der Waals surface area contributed by atoms with E-state index in [0.29, 0.717) is 24.2 Å². The Morgan fingerprint density at radius 2 is 1.92 bits per heavy atom. The van der Waals surface area contributed by atoms with E-state index in [1.807, 2.05) is 20.8 Å². The molecule has 0 aromatic heterocycles. The minimum atomic E-state index is -1.18. The van der Waals surface area contributed by atoms with Crippen LogP contribution >= 0.6 is 0 Å². The summed E-state index contributed by atoms with van der Waals surface area (Å²) in [7, 11) is 0. The molecule has 1 saturated heterocycles. The Morgan fingerprint density at radius 1 is 1.24 bits per heavy atom. The van der Waals surface area contributed by atoms with Gasteiger partial charge in [-0.05, 0) is 62.9 Å². The highest BCUT2D eigenvalue weighted by Crippen LogP contribution is 2.45. The minimum absolute atomic E-state index is 0.0949. The second-order valence-corrected chi connectivity index (χ2v) is 11.4. The van der Waals surface area contributed by atoms with Crippen LogP contribution in [0.1, 0.15) is 73.1 Å². The fourth-order valence-corrected chi connectivity index (χ4v) is 5.16. The van der Waals surface area contributed by atoms with Gasteiger partial charge >= 0.3 is 17.9 Å². The Morgan fingerprint density at radius 3 is 2.46 bits per heavy atom. The molecule has 3 rings (SSSR count). The first-order chi connectivity index (χ1) is 17.3. The predicted octanol–water partition coefficient (Wildman–Crippen LogP) is 2.98. The molecule has 0 saturated carbocycles. The third kappa shape index (κ3) is 8.65. The maximum Gasteiger partial charge on any atom is 0.322 e. The summed E-state index contributed by atoms with van der Waals surface area (Å²) in [6.07, 6.45) is 9.61. The van der Waals surface area contributed by atoms with Crippen LogP contribution in [-0.2, 0) is 23.9 Å². The van der Waals surface area contributed by atoms with Crippen LogP contribution in [0.5, 0.6) is 0 Å². The van der Waals surface area contributed by atoms with Crippen LogP contribution in [0.15, 0.2) is 23.8 Å². The molecule has 8 atom stereocenters. The highest BCUT2D eigenvalue weighted by Gasteiger charge is 2.43. The summed E-state index contributed by atoms with van der Waals surface area (Å²) < 4.78 is 11.6. The van der Waals surface area contributed by atoms with E-state index in [1.54, 1.807) is 0 Å². The smallest absolute Gasteiger partial charge is 0.322 e. The molecular weight excluding hydrogens is 478 g/mol. The summed E-state index contributed by atoms with van der Waals surface area (Å²) in [5, 5.41) is 25.8. The monoisotopic (exact) mass is 523 g/mol. The van der Waals surface area contributed by atoms with Gasteiger partial charge in [-0.3, -0.25) is 14.4 Å². The van der Waals surface area contributed by atoms with Crippen molar-refractivity contribution in [3.63, 3.8) is 0 Å². The van der Waals surface area contributed by atoms with E-state index in [0.717, 1.165) is 25.7 Å². The van der Waals surface area contributed by atoms with E-state index >= 15 is 0 Å². The quantitative estimate of drug-likeness (QED) is 0.351. The zero-order chi connectivity index (χ0) is 27.9. The molecule has 1 fully saturated rings. The Bertz CT molecular complexity index is 866. The highest BCUT2D eigenvalue weighted by molar-refractivity contribution is 5.76. The first kappa shape index (κ1) is 31.0. The number of hydrogen-bond donors (Lipinski definition) is 4. The van der Waals surface area contributed by atoms with E-state index in [1.165, 1.54) is 5.57 Å². The zero-order valence-corrected chi connectivity index (χ0v) is 22.8. The summed E-state index contributed by atoms with van der Waals surface area (Å²) in [6.45, 7) is 9.80. The average Bonchev–Trinajstić information content (AvgIpc) is 2.82. The van der Waals surface area contributed by atoms with Crippen LogP contribution < -0.4 is 5.73 Å². The van der Waals surface area contributed by atoms with Crippen molar-refractivity contribution in [2.24, 2.45) is 34.8 Å². The topological polar surface area (TPSA) is 156 Å². The average molecular weight is 524 g/mol. The van der Waals surface area contributed by atoms with Crippen molar-refractivity contribution in [2.75, 3.05) is 6.61 Å². The van der Waals surface area contributed by atoms with E-state index in [-0.39, 0.29) is 36.5 Å². The standard InChI is InChI=1S/C25H38O5.C3H7NO3/c1-6-25(4,5)24(28)30-21-12-15(2)11-17-8-7-16(3)20(23(17)21)10-9-19-13-18(26)14-22(27)29-19;4-2(1-5)3(6)7/h7-8,11,15-16,18-21,23,26H,6,9-10,12-14H2,1-5H3;2,5H,1,4H2,(H,6,7)/t15-,16-,18+,19+,20-,21-,23-;/m0./s1. The van der Waals surface area contributed by atoms with Crippen molar-refractivity contribution in [3.8, 4) is 0 Å². The number of carboxylic acid groups (broad SMARTS) is 1. The largest absolute Gasteiger partial charge is 0.480 e. The molecule has 0 bridgehead atoms. The number of allylic oxidation sites excluding steroid dienone is 3. The third-order valence-corrected chi connectivity index (χ3v) is 7.86. The summed E-state index contributed by atoms with van der Waals surface area (Å²) in [6, 6.07) is -1.13. The molecule has 9 heteroatoms. The lowest BCUT2D eigenvalue weighted by molar-refractivity contribution is -0.166. The molecule has 0 radical (unpaired) electrons. The van der Waals surface area contributed by atoms with Crippen molar-refractivity contribution in [1.82, 2.24) is 0 Å². The molecule has 0 aromatic carbocycles. The van der Waals surface area contributed by atoms with E-state index in [9.17, 15) is 19.5 Å². The summed E-state index contributed by atoms with van der Waals surface area (Å²) in [5.74, 6) is -0.402. The number of esters is 2. The van der Waals surface area contributed by atoms with Gasteiger partial charge in [0.25, 0.3) is 0 Å². The van der Waals surface area contributed by atoms with E-state index in [4.69, 9.17) is 25.4 Å². The Hall–Kier alpha value is -2.23. The number of aliphatic carboxylic acids is 1. The van der Waals surface area contributed by atoms with Gasteiger partial charge in [-0.25, -0.2) is 0 Å². The number of aliphatic hydroxyl groups is 2. The molecule has 1 aliphatic heterocycles. The lowest BCUT2D eigenvalue weighted by Gasteiger charge is -2.44. The number of hydrogen-bond acceptors (Lipinski definition) is 8. The van der Waals surface area contributed by atoms with Gasteiger partial charge in [0.15, 0.2) is 0 Å². The lowest BCUT2D eigenvalue weighted by atomic mass is 9.65. The van der Waals surface area contributed by atoms with Gasteiger partial charge in [0.2, 0.25) is 0 Å². The highest BCUT2D eigenvalue weighted by atomic mass is 16.6. The van der Waals surface area contributed by atoms with Crippen LogP contribution in [-0.4, -0.2) is 64.2 Å². The predicted molar refractivity (Wildman–Crippen MR) is 138 cm³/mol. The molecule has 0 spiro atoms. The summed E-state index contributed by atoms with van der Waals surface area (Å²) in [5.41, 5.74) is 5.55. The second-order valence-electron chi connectivity index (χ2n) is 11.4. The molecule has 0 amide bonds. The molecule has 5 N–H and O–H groups in total. The van der Waals surface area contributed by atoms with E-state index in [2.05, 4.69) is 32.1 Å². The molecule has 1 unspecified atom stereocenters. The Labute approximate surface area is 220 Å². The third-order valence-electron chi connectivity index (χ3n) is 7.86. The van der Waals surface area contributed by atoms with Crippen molar-refractivity contribution in [2.45, 2.75) is 97.5 Å². The maximum absolute atomic E-state index is 12.9. The van der Waals surface area contributed by atoms with Gasteiger partial charge in [-0.15, -0.1) is 0 Å². The van der Waals surface area contributed by atoms with Gasteiger partial charge < -0.3 is 30.5 Å². The fraction of sp³-hybridized carbons (Fsp3) is 0.750. The van der Waals surface area contributed by atoms with Gasteiger partial charge in [0.1, 0.15) is 18.2 Å². The minimum Gasteiger partial charge on any atom is -0.480 e. The van der Waals surface area contributed by atoms with Gasteiger partial charge in [0, 0.05) is 12.3 Å². The van der Waals surface area contributed by atoms with E-state index < -0.39 is 30.1 Å². The molecule has 210 valence electrons. The van der Waals surface area contributed by atoms with Crippen LogP contribution in [0, 0.1) is 29.1 Å². The van der Waals surface area contributed by atoms with Crippen molar-refractivity contribution < 1.29 is 39.2 Å². The fourth-order valence-electron chi connectivity index (χ4n) is 5.16. The number of rotatable bonds is 8. The molecule has 9 nitrogen and oxygen atoms in total.